The van der Waals surface area contributed by atoms with Crippen molar-refractivity contribution in [1.82, 2.24) is 24.6 Å². The first-order valence-corrected chi connectivity index (χ1v) is 10.1. The Balaban J connectivity index is 1.57. The maximum atomic E-state index is 12.7. The fraction of sp³-hybridized carbons (Fsp3) is 0.619. The molecule has 152 valence electrons. The van der Waals surface area contributed by atoms with Crippen LogP contribution in [0.3, 0.4) is 0 Å². The van der Waals surface area contributed by atoms with E-state index in [1.807, 2.05) is 36.5 Å². The van der Waals surface area contributed by atoms with Crippen LogP contribution in [-0.4, -0.2) is 56.7 Å². The largest absolute Gasteiger partial charge is 0.353 e. The molecule has 28 heavy (non-hydrogen) atoms. The summed E-state index contributed by atoms with van der Waals surface area (Å²) in [6, 6.07) is 2.04. The number of nitrogens with zero attached hydrogens (tertiary/aromatic N) is 6. The number of carbonyl (C=O) groups is 1. The van der Waals surface area contributed by atoms with Crippen LogP contribution in [0, 0.1) is 20.8 Å². The molecular formula is C21H32N6O. The molecule has 1 aliphatic rings. The average Bonchev–Trinajstić information content (AvgIpc) is 2.91. The summed E-state index contributed by atoms with van der Waals surface area (Å²) in [6.45, 7) is 13.4. The van der Waals surface area contributed by atoms with E-state index in [9.17, 15) is 4.79 Å². The Morgan fingerprint density at radius 2 is 1.79 bits per heavy atom. The maximum Gasteiger partial charge on any atom is 0.223 e. The molecule has 1 amide bonds. The molecule has 0 aromatic carbocycles. The zero-order chi connectivity index (χ0) is 20.4. The summed E-state index contributed by atoms with van der Waals surface area (Å²) in [6.07, 6.45) is 1.30. The molecule has 0 bridgehead atoms. The van der Waals surface area contributed by atoms with E-state index in [1.165, 1.54) is 5.56 Å². The molecule has 0 saturated carbocycles. The highest BCUT2D eigenvalue weighted by Gasteiger charge is 2.23. The van der Waals surface area contributed by atoms with E-state index >= 15 is 0 Å². The summed E-state index contributed by atoms with van der Waals surface area (Å²) < 4.78 is 1.89. The summed E-state index contributed by atoms with van der Waals surface area (Å²) in [5.41, 5.74) is 4.37. The Hall–Kier alpha value is -2.44. The summed E-state index contributed by atoms with van der Waals surface area (Å²) in [4.78, 5) is 26.2. The van der Waals surface area contributed by atoms with Crippen LogP contribution < -0.4 is 4.90 Å². The van der Waals surface area contributed by atoms with E-state index in [-0.39, 0.29) is 5.91 Å². The summed E-state index contributed by atoms with van der Waals surface area (Å²) >= 11 is 0. The number of carbonyl (C=O) groups excluding carboxylic acids is 1. The van der Waals surface area contributed by atoms with Gasteiger partial charge in [-0.1, -0.05) is 13.8 Å². The Bertz CT molecular complexity index is 849. The van der Waals surface area contributed by atoms with Crippen LogP contribution in [0.5, 0.6) is 0 Å². The van der Waals surface area contributed by atoms with Crippen molar-refractivity contribution in [3.05, 3.63) is 34.5 Å². The predicted octanol–water partition coefficient (Wildman–Crippen LogP) is 2.54. The number of aryl methyl sites for hydroxylation is 3. The topological polar surface area (TPSA) is 67.2 Å². The minimum atomic E-state index is 0.226. The number of piperazine rings is 1. The average molecular weight is 385 g/mol. The standard InChI is InChI=1S/C21H32N6O/c1-14(2)21-22-15(3)13-19(23-21)26-9-11-27(12-10-26)20(28)8-7-18-16(4)24-25(6)17(18)5/h13-14H,7-12H2,1-6H3. The van der Waals surface area contributed by atoms with Crippen LogP contribution in [-0.2, 0) is 18.3 Å². The lowest BCUT2D eigenvalue weighted by molar-refractivity contribution is -0.131. The molecule has 0 atom stereocenters. The summed E-state index contributed by atoms with van der Waals surface area (Å²) in [7, 11) is 1.95. The highest BCUT2D eigenvalue weighted by atomic mass is 16.2. The molecule has 1 saturated heterocycles. The lowest BCUT2D eigenvalue weighted by atomic mass is 10.1. The Labute approximate surface area is 167 Å². The minimum Gasteiger partial charge on any atom is -0.353 e. The van der Waals surface area contributed by atoms with E-state index in [2.05, 4.69) is 35.8 Å². The zero-order valence-electron chi connectivity index (χ0n) is 18.0. The molecule has 1 aliphatic heterocycles. The van der Waals surface area contributed by atoms with Crippen molar-refractivity contribution in [3.8, 4) is 0 Å². The molecule has 3 rings (SSSR count). The number of rotatable bonds is 5. The molecule has 0 aliphatic carbocycles. The Morgan fingerprint density at radius 1 is 1.11 bits per heavy atom. The Kier molecular flexibility index (Phi) is 6.01. The third-order valence-corrected chi connectivity index (χ3v) is 5.58. The molecule has 1 fully saturated rings. The lowest BCUT2D eigenvalue weighted by Gasteiger charge is -2.35. The normalized spacial score (nSPS) is 14.8. The molecule has 7 heteroatoms. The number of amides is 1. The van der Waals surface area contributed by atoms with E-state index < -0.39 is 0 Å². The van der Waals surface area contributed by atoms with Gasteiger partial charge in [-0.15, -0.1) is 0 Å². The number of anilines is 1. The third-order valence-electron chi connectivity index (χ3n) is 5.58. The van der Waals surface area contributed by atoms with E-state index in [0.717, 1.165) is 61.3 Å². The molecule has 2 aromatic rings. The second-order valence-corrected chi connectivity index (χ2v) is 8.02. The molecular weight excluding hydrogens is 352 g/mol. The number of hydrogen-bond acceptors (Lipinski definition) is 5. The van der Waals surface area contributed by atoms with Crippen molar-refractivity contribution in [1.29, 1.82) is 0 Å². The lowest BCUT2D eigenvalue weighted by Crippen LogP contribution is -2.49. The van der Waals surface area contributed by atoms with E-state index in [4.69, 9.17) is 4.98 Å². The Morgan fingerprint density at radius 3 is 2.36 bits per heavy atom. The number of aromatic nitrogens is 4. The monoisotopic (exact) mass is 384 g/mol. The fourth-order valence-corrected chi connectivity index (χ4v) is 3.75. The first-order chi connectivity index (χ1) is 13.3. The van der Waals surface area contributed by atoms with Gasteiger partial charge in [0.05, 0.1) is 5.69 Å². The van der Waals surface area contributed by atoms with Crippen molar-refractivity contribution < 1.29 is 4.79 Å². The van der Waals surface area contributed by atoms with Gasteiger partial charge in [-0.3, -0.25) is 9.48 Å². The van der Waals surface area contributed by atoms with E-state index in [1.54, 1.807) is 0 Å². The smallest absolute Gasteiger partial charge is 0.223 e. The second-order valence-electron chi connectivity index (χ2n) is 8.02. The number of hydrogen-bond donors (Lipinski definition) is 0. The van der Waals surface area contributed by atoms with Gasteiger partial charge in [0, 0.05) is 63.0 Å². The minimum absolute atomic E-state index is 0.226. The summed E-state index contributed by atoms with van der Waals surface area (Å²) in [5, 5.41) is 4.44. The van der Waals surface area contributed by atoms with Gasteiger partial charge in [0.1, 0.15) is 11.6 Å². The molecule has 0 spiro atoms. The van der Waals surface area contributed by atoms with Gasteiger partial charge in [-0.25, -0.2) is 9.97 Å². The maximum absolute atomic E-state index is 12.7. The SMILES string of the molecule is Cc1cc(N2CCN(C(=O)CCc3c(C)nn(C)c3C)CC2)nc(C(C)C)n1. The van der Waals surface area contributed by atoms with Gasteiger partial charge >= 0.3 is 0 Å². The molecule has 0 radical (unpaired) electrons. The van der Waals surface area contributed by atoms with Crippen LogP contribution in [0.2, 0.25) is 0 Å². The van der Waals surface area contributed by atoms with Gasteiger partial charge in [0.2, 0.25) is 5.91 Å². The highest BCUT2D eigenvalue weighted by Crippen LogP contribution is 2.20. The summed E-state index contributed by atoms with van der Waals surface area (Å²) in [5.74, 6) is 2.39. The first kappa shape index (κ1) is 20.3. The quantitative estimate of drug-likeness (QED) is 0.792. The van der Waals surface area contributed by atoms with Crippen LogP contribution in [0.15, 0.2) is 6.07 Å². The van der Waals surface area contributed by atoms with Crippen molar-refractivity contribution in [2.24, 2.45) is 7.05 Å². The first-order valence-electron chi connectivity index (χ1n) is 10.1. The van der Waals surface area contributed by atoms with Gasteiger partial charge in [0.15, 0.2) is 0 Å². The highest BCUT2D eigenvalue weighted by molar-refractivity contribution is 5.76. The third kappa shape index (κ3) is 4.34. The van der Waals surface area contributed by atoms with Crippen LogP contribution in [0.4, 0.5) is 5.82 Å². The van der Waals surface area contributed by atoms with Crippen molar-refractivity contribution in [2.75, 3.05) is 31.1 Å². The van der Waals surface area contributed by atoms with Gasteiger partial charge in [-0.2, -0.15) is 5.10 Å². The van der Waals surface area contributed by atoms with Crippen LogP contribution in [0.1, 0.15) is 54.7 Å². The van der Waals surface area contributed by atoms with E-state index in [0.29, 0.717) is 12.3 Å². The van der Waals surface area contributed by atoms with Crippen molar-refractivity contribution in [3.63, 3.8) is 0 Å². The van der Waals surface area contributed by atoms with Gasteiger partial charge < -0.3 is 9.80 Å². The molecule has 3 heterocycles. The molecule has 0 N–H and O–H groups in total. The molecule has 2 aromatic heterocycles. The van der Waals surface area contributed by atoms with Crippen molar-refractivity contribution >= 4 is 11.7 Å². The predicted molar refractivity (Wildman–Crippen MR) is 111 cm³/mol. The van der Waals surface area contributed by atoms with Crippen LogP contribution >= 0.6 is 0 Å². The zero-order valence-corrected chi connectivity index (χ0v) is 18.0. The molecule has 0 unspecified atom stereocenters. The molecule has 7 nitrogen and oxygen atoms in total. The van der Waals surface area contributed by atoms with Gasteiger partial charge in [0.25, 0.3) is 0 Å². The fourth-order valence-electron chi connectivity index (χ4n) is 3.75. The second kappa shape index (κ2) is 8.29. The van der Waals surface area contributed by atoms with Crippen molar-refractivity contribution in [2.45, 2.75) is 53.4 Å². The van der Waals surface area contributed by atoms with Crippen LogP contribution in [0.25, 0.3) is 0 Å². The van der Waals surface area contributed by atoms with Gasteiger partial charge in [-0.05, 0) is 32.8 Å².